The van der Waals surface area contributed by atoms with Crippen molar-refractivity contribution in [2.75, 3.05) is 19.8 Å². The highest BCUT2D eigenvalue weighted by molar-refractivity contribution is 7.47. The average Bonchev–Trinajstić information content (AvgIpc) is 3.20. The second-order valence-electron chi connectivity index (χ2n) is 13.7. The number of aliphatic carboxylic acids is 1. The van der Waals surface area contributed by atoms with Crippen LogP contribution in [0.4, 0.5) is 0 Å². The standard InChI is InChI=1S/C46H74NO10P/c1-3-5-7-9-11-13-15-17-19-21-23-25-27-29-31-33-35-37-44(48)54-39-42(40-55-58(52,53)56-41-43(47)46(50)51)57-45(49)38-36-34-32-30-28-26-24-22-20-18-16-14-12-10-8-6-4-2/h6,8,11-14,17-20,23-26,30,32,42-43H,3-5,7,9-10,15-16,21-22,27-29,31,33-41,47H2,1-2H3,(H,50,51)(H,52,53)/b8-6+,13-11+,14-12+,19-17+,20-18+,25-23+,26-24+,32-30+/t42-,43+/m1/s1. The van der Waals surface area contributed by atoms with E-state index < -0.39 is 51.1 Å². The summed E-state index contributed by atoms with van der Waals surface area (Å²) in [4.78, 5) is 45.9. The Kier molecular flexibility index (Phi) is 37.7. The number of esters is 2. The van der Waals surface area contributed by atoms with Gasteiger partial charge in [0.1, 0.15) is 12.6 Å². The molecule has 58 heavy (non-hydrogen) atoms. The Labute approximate surface area is 349 Å². The molecule has 328 valence electrons. The predicted octanol–water partition coefficient (Wildman–Crippen LogP) is 11.3. The van der Waals surface area contributed by atoms with Gasteiger partial charge >= 0.3 is 25.7 Å². The molecular formula is C46H74NO10P. The van der Waals surface area contributed by atoms with Gasteiger partial charge in [0.15, 0.2) is 6.10 Å². The van der Waals surface area contributed by atoms with Crippen molar-refractivity contribution in [1.29, 1.82) is 0 Å². The summed E-state index contributed by atoms with van der Waals surface area (Å²) in [6.45, 7) is 2.55. The SMILES string of the molecule is CC/C=C/C/C=C/C/C=C/C/C=C/C/C=C/CCCC(=O)O[C@H](COC(=O)CCCCCC/C=C/C/C=C/C/C=C/CCCCC)COP(=O)(O)OC[C@H](N)C(=O)O. The number of phosphoric acid groups is 1. The Bertz CT molecular complexity index is 1350. The molecule has 4 N–H and O–H groups in total. The van der Waals surface area contributed by atoms with E-state index in [0.717, 1.165) is 77.0 Å². The van der Waals surface area contributed by atoms with E-state index in [0.29, 0.717) is 19.3 Å². The molecule has 0 aliphatic carbocycles. The van der Waals surface area contributed by atoms with Crippen molar-refractivity contribution in [3.8, 4) is 0 Å². The summed E-state index contributed by atoms with van der Waals surface area (Å²) in [5.74, 6) is -2.50. The number of carbonyl (C=O) groups excluding carboxylic acids is 2. The van der Waals surface area contributed by atoms with Gasteiger partial charge in [-0.3, -0.25) is 23.4 Å². The van der Waals surface area contributed by atoms with Crippen LogP contribution in [-0.4, -0.2) is 59.9 Å². The lowest BCUT2D eigenvalue weighted by atomic mass is 10.1. The molecule has 0 aromatic rings. The van der Waals surface area contributed by atoms with Crippen LogP contribution in [0.15, 0.2) is 97.2 Å². The van der Waals surface area contributed by atoms with Gasteiger partial charge in [-0.05, 0) is 89.9 Å². The van der Waals surface area contributed by atoms with Crippen molar-refractivity contribution < 1.29 is 47.5 Å². The summed E-state index contributed by atoms with van der Waals surface area (Å²) < 4.78 is 32.6. The highest BCUT2D eigenvalue weighted by Gasteiger charge is 2.28. The van der Waals surface area contributed by atoms with Crippen LogP contribution in [-0.2, 0) is 37.5 Å². The summed E-state index contributed by atoms with van der Waals surface area (Å²) in [7, 11) is -4.74. The maximum Gasteiger partial charge on any atom is 0.472 e. The lowest BCUT2D eigenvalue weighted by Crippen LogP contribution is -2.34. The Morgan fingerprint density at radius 1 is 0.552 bits per heavy atom. The predicted molar refractivity (Wildman–Crippen MR) is 235 cm³/mol. The molecule has 3 atom stereocenters. The Morgan fingerprint density at radius 3 is 1.48 bits per heavy atom. The number of hydrogen-bond acceptors (Lipinski definition) is 9. The number of ether oxygens (including phenoxy) is 2. The third kappa shape index (κ3) is 39.2. The van der Waals surface area contributed by atoms with Crippen LogP contribution in [0.5, 0.6) is 0 Å². The van der Waals surface area contributed by atoms with E-state index >= 15 is 0 Å². The van der Waals surface area contributed by atoms with E-state index in [1.165, 1.54) is 19.3 Å². The van der Waals surface area contributed by atoms with Crippen LogP contribution in [0.3, 0.4) is 0 Å². The highest BCUT2D eigenvalue weighted by atomic mass is 31.2. The van der Waals surface area contributed by atoms with Crippen molar-refractivity contribution in [2.45, 2.75) is 154 Å². The molecular weight excluding hydrogens is 757 g/mol. The number of nitrogens with two attached hydrogens (primary N) is 1. The van der Waals surface area contributed by atoms with Gasteiger partial charge in [-0.2, -0.15) is 0 Å². The van der Waals surface area contributed by atoms with E-state index in [-0.39, 0.29) is 19.4 Å². The van der Waals surface area contributed by atoms with Gasteiger partial charge in [-0.25, -0.2) is 4.57 Å². The minimum Gasteiger partial charge on any atom is -0.480 e. The van der Waals surface area contributed by atoms with Crippen molar-refractivity contribution >= 4 is 25.7 Å². The van der Waals surface area contributed by atoms with Crippen LogP contribution in [0.1, 0.15) is 142 Å². The van der Waals surface area contributed by atoms with Gasteiger partial charge in [0.05, 0.1) is 13.2 Å². The third-order valence-corrected chi connectivity index (χ3v) is 9.27. The number of hydrogen-bond donors (Lipinski definition) is 3. The first-order valence-electron chi connectivity index (χ1n) is 21.3. The van der Waals surface area contributed by atoms with Crippen molar-refractivity contribution in [2.24, 2.45) is 5.73 Å². The molecule has 0 spiro atoms. The molecule has 0 aromatic carbocycles. The lowest BCUT2D eigenvalue weighted by Gasteiger charge is -2.20. The molecule has 0 bridgehead atoms. The van der Waals surface area contributed by atoms with Crippen LogP contribution in [0.25, 0.3) is 0 Å². The second-order valence-corrected chi connectivity index (χ2v) is 15.2. The molecule has 1 unspecified atom stereocenters. The zero-order chi connectivity index (χ0) is 42.8. The molecule has 0 fully saturated rings. The molecule has 0 aliphatic heterocycles. The number of carboxylic acid groups (broad SMARTS) is 1. The molecule has 0 amide bonds. The number of rotatable bonds is 38. The van der Waals surface area contributed by atoms with E-state index in [9.17, 15) is 23.8 Å². The van der Waals surface area contributed by atoms with Crippen LogP contribution in [0.2, 0.25) is 0 Å². The zero-order valence-corrected chi connectivity index (χ0v) is 36.2. The molecule has 0 heterocycles. The molecule has 12 heteroatoms. The molecule has 0 rings (SSSR count). The Morgan fingerprint density at radius 2 is 0.983 bits per heavy atom. The first-order valence-corrected chi connectivity index (χ1v) is 22.8. The Hall–Kier alpha value is -3.60. The first-order chi connectivity index (χ1) is 28.1. The minimum absolute atomic E-state index is 0.0717. The van der Waals surface area contributed by atoms with Crippen molar-refractivity contribution in [3.05, 3.63) is 97.2 Å². The van der Waals surface area contributed by atoms with E-state index in [4.69, 9.17) is 24.8 Å². The minimum atomic E-state index is -4.74. The summed E-state index contributed by atoms with van der Waals surface area (Å²) in [5.41, 5.74) is 5.32. The molecule has 0 aromatic heterocycles. The fourth-order valence-corrected chi connectivity index (χ4v) is 5.77. The largest absolute Gasteiger partial charge is 0.480 e. The number of phosphoric ester groups is 1. The molecule has 0 saturated carbocycles. The van der Waals surface area contributed by atoms with E-state index in [1.807, 2.05) is 12.2 Å². The maximum atomic E-state index is 12.6. The van der Waals surface area contributed by atoms with Crippen LogP contribution >= 0.6 is 7.82 Å². The first kappa shape index (κ1) is 54.4. The fraction of sp³-hybridized carbons (Fsp3) is 0.587. The second kappa shape index (κ2) is 40.2. The summed E-state index contributed by atoms with van der Waals surface area (Å²) in [6.07, 6.45) is 50.5. The number of carboxylic acids is 1. The van der Waals surface area contributed by atoms with Gasteiger partial charge in [-0.1, -0.05) is 137 Å². The van der Waals surface area contributed by atoms with Crippen molar-refractivity contribution in [3.63, 3.8) is 0 Å². The number of carbonyl (C=O) groups is 3. The Balaban J connectivity index is 4.54. The topological polar surface area (TPSA) is 172 Å². The van der Waals surface area contributed by atoms with Crippen LogP contribution < -0.4 is 5.73 Å². The normalized spacial score (nSPS) is 14.7. The van der Waals surface area contributed by atoms with Gasteiger partial charge < -0.3 is 25.2 Å². The lowest BCUT2D eigenvalue weighted by molar-refractivity contribution is -0.161. The fourth-order valence-electron chi connectivity index (χ4n) is 4.99. The maximum absolute atomic E-state index is 12.6. The summed E-state index contributed by atoms with van der Waals surface area (Å²) in [5, 5.41) is 8.88. The average molecular weight is 832 g/mol. The monoisotopic (exact) mass is 832 g/mol. The third-order valence-electron chi connectivity index (χ3n) is 8.32. The van der Waals surface area contributed by atoms with Crippen molar-refractivity contribution in [1.82, 2.24) is 0 Å². The molecule has 0 saturated heterocycles. The van der Waals surface area contributed by atoms with E-state index in [1.54, 1.807) is 0 Å². The smallest absolute Gasteiger partial charge is 0.472 e. The van der Waals surface area contributed by atoms with E-state index in [2.05, 4.69) is 103 Å². The molecule has 0 radical (unpaired) electrons. The number of unbranched alkanes of at least 4 members (excludes halogenated alkanes) is 8. The molecule has 11 nitrogen and oxygen atoms in total. The zero-order valence-electron chi connectivity index (χ0n) is 35.3. The van der Waals surface area contributed by atoms with Gasteiger partial charge in [0.2, 0.25) is 0 Å². The van der Waals surface area contributed by atoms with Crippen LogP contribution in [0, 0.1) is 0 Å². The number of allylic oxidation sites excluding steroid dienone is 16. The van der Waals surface area contributed by atoms with Gasteiger partial charge in [0.25, 0.3) is 0 Å². The quantitative estimate of drug-likeness (QED) is 0.0234. The van der Waals surface area contributed by atoms with Gasteiger partial charge in [-0.15, -0.1) is 0 Å². The highest BCUT2D eigenvalue weighted by Crippen LogP contribution is 2.43. The summed E-state index contributed by atoms with van der Waals surface area (Å²) >= 11 is 0. The van der Waals surface area contributed by atoms with Gasteiger partial charge in [0, 0.05) is 12.8 Å². The summed E-state index contributed by atoms with van der Waals surface area (Å²) in [6, 6.07) is -1.54. The molecule has 0 aliphatic rings.